The number of likely N-dealkylation sites (N-methyl/N-ethyl adjacent to an activating group) is 1. The molecule has 2 aliphatic rings. The number of aryl methyl sites for hydroxylation is 1. The number of aliphatic hydroxyl groups is 1. The fraction of sp³-hybridized carbons (Fsp3) is 0.500. The van der Waals surface area contributed by atoms with Gasteiger partial charge in [-0.25, -0.2) is 4.79 Å². The molecule has 8 heteroatoms. The molecular weight excluding hydrogens is 458 g/mol. The van der Waals surface area contributed by atoms with Gasteiger partial charge in [0, 0.05) is 26.7 Å². The molecule has 2 aromatic rings. The van der Waals surface area contributed by atoms with Crippen LogP contribution in [0.4, 0.5) is 4.79 Å². The number of hydrogen-bond acceptors (Lipinski definition) is 6. The Kier molecular flexibility index (Phi) is 8.48. The van der Waals surface area contributed by atoms with Crippen molar-refractivity contribution in [2.75, 3.05) is 46.4 Å². The van der Waals surface area contributed by atoms with Crippen molar-refractivity contribution < 1.29 is 24.2 Å². The number of likely N-dealkylation sites (tertiary alicyclic amines) is 1. The Morgan fingerprint density at radius 1 is 0.944 bits per heavy atom. The number of carbonyl (C=O) groups excluding carboxylic acids is 2. The van der Waals surface area contributed by atoms with Gasteiger partial charge in [-0.05, 0) is 69.0 Å². The van der Waals surface area contributed by atoms with E-state index in [0.717, 1.165) is 44.0 Å². The highest BCUT2D eigenvalue weighted by Gasteiger charge is 2.33. The summed E-state index contributed by atoms with van der Waals surface area (Å²) in [6, 6.07) is 15.7. The average molecular weight is 496 g/mol. The van der Waals surface area contributed by atoms with Crippen molar-refractivity contribution in [3.8, 4) is 11.5 Å². The van der Waals surface area contributed by atoms with Gasteiger partial charge in [-0.1, -0.05) is 29.8 Å². The van der Waals surface area contributed by atoms with E-state index in [1.54, 1.807) is 7.05 Å². The van der Waals surface area contributed by atoms with Crippen LogP contribution in [0, 0.1) is 6.92 Å². The summed E-state index contributed by atoms with van der Waals surface area (Å²) in [5.74, 6) is 1.41. The maximum atomic E-state index is 11.9. The Morgan fingerprint density at radius 2 is 1.64 bits per heavy atom. The molecule has 0 spiro atoms. The standard InChI is InChI=1S/C28H37N3O5/c1-22-5-9-25(10-6-22)36-21-28(34)13-3-15-30(17-14-28)19-23-7-11-24(12-8-23)35-18-4-16-31-26(32)20-29(2)27(31)33/h5-12,34H,3-4,13-21H2,1-2H3. The van der Waals surface area contributed by atoms with Crippen LogP contribution in [0.15, 0.2) is 48.5 Å². The molecule has 2 aliphatic heterocycles. The number of rotatable bonds is 10. The lowest BCUT2D eigenvalue weighted by Crippen LogP contribution is -2.37. The van der Waals surface area contributed by atoms with Gasteiger partial charge in [0.15, 0.2) is 0 Å². The molecule has 2 fully saturated rings. The lowest BCUT2D eigenvalue weighted by molar-refractivity contribution is -0.125. The number of urea groups is 1. The maximum Gasteiger partial charge on any atom is 0.326 e. The summed E-state index contributed by atoms with van der Waals surface area (Å²) in [7, 11) is 1.63. The Morgan fingerprint density at radius 3 is 2.33 bits per heavy atom. The van der Waals surface area contributed by atoms with Gasteiger partial charge in [-0.15, -0.1) is 0 Å². The molecular formula is C28H37N3O5. The van der Waals surface area contributed by atoms with E-state index in [1.165, 1.54) is 20.9 Å². The second kappa shape index (κ2) is 11.8. The van der Waals surface area contributed by atoms with E-state index in [-0.39, 0.29) is 18.5 Å². The molecule has 2 heterocycles. The predicted molar refractivity (Wildman–Crippen MR) is 137 cm³/mol. The van der Waals surface area contributed by atoms with Crippen LogP contribution in [0.1, 0.15) is 36.8 Å². The van der Waals surface area contributed by atoms with Gasteiger partial charge in [0.25, 0.3) is 0 Å². The second-order valence-electron chi connectivity index (χ2n) is 9.99. The van der Waals surface area contributed by atoms with Gasteiger partial charge in [-0.2, -0.15) is 0 Å². The number of amides is 3. The van der Waals surface area contributed by atoms with E-state index in [2.05, 4.69) is 17.0 Å². The molecule has 1 unspecified atom stereocenters. The zero-order chi connectivity index (χ0) is 25.5. The third kappa shape index (κ3) is 6.98. The molecule has 0 saturated carbocycles. The van der Waals surface area contributed by atoms with Crippen LogP contribution in [0.5, 0.6) is 11.5 Å². The highest BCUT2D eigenvalue weighted by atomic mass is 16.5. The zero-order valence-electron chi connectivity index (χ0n) is 21.3. The molecule has 194 valence electrons. The minimum absolute atomic E-state index is 0.151. The average Bonchev–Trinajstić information content (AvgIpc) is 2.99. The molecule has 36 heavy (non-hydrogen) atoms. The van der Waals surface area contributed by atoms with Crippen molar-refractivity contribution in [3.05, 3.63) is 59.7 Å². The van der Waals surface area contributed by atoms with E-state index in [1.807, 2.05) is 43.3 Å². The molecule has 0 aliphatic carbocycles. The molecule has 0 aromatic heterocycles. The normalized spacial score (nSPS) is 21.1. The maximum absolute atomic E-state index is 11.9. The van der Waals surface area contributed by atoms with Crippen molar-refractivity contribution in [1.82, 2.24) is 14.7 Å². The first kappa shape index (κ1) is 26.0. The summed E-state index contributed by atoms with van der Waals surface area (Å²) in [4.78, 5) is 28.8. The summed E-state index contributed by atoms with van der Waals surface area (Å²) >= 11 is 0. The SMILES string of the molecule is Cc1ccc(OCC2(O)CCCN(Cc3ccc(OCCCN4C(=O)CN(C)C4=O)cc3)CC2)cc1. The molecule has 1 N–H and O–H groups in total. The molecule has 2 aromatic carbocycles. The zero-order valence-corrected chi connectivity index (χ0v) is 21.3. The quantitative estimate of drug-likeness (QED) is 0.402. The highest BCUT2D eigenvalue weighted by molar-refractivity contribution is 6.01. The molecule has 4 rings (SSSR count). The third-order valence-corrected chi connectivity index (χ3v) is 6.89. The van der Waals surface area contributed by atoms with Crippen LogP contribution in [-0.4, -0.2) is 83.8 Å². The van der Waals surface area contributed by atoms with Crippen LogP contribution in [-0.2, 0) is 11.3 Å². The van der Waals surface area contributed by atoms with Crippen LogP contribution in [0.3, 0.4) is 0 Å². The third-order valence-electron chi connectivity index (χ3n) is 6.89. The first-order valence-electron chi connectivity index (χ1n) is 12.7. The van der Waals surface area contributed by atoms with Gasteiger partial charge in [0.2, 0.25) is 5.91 Å². The molecule has 2 saturated heterocycles. The van der Waals surface area contributed by atoms with Crippen molar-refractivity contribution >= 4 is 11.9 Å². The van der Waals surface area contributed by atoms with E-state index in [4.69, 9.17) is 9.47 Å². The van der Waals surface area contributed by atoms with E-state index in [9.17, 15) is 14.7 Å². The van der Waals surface area contributed by atoms with Crippen LogP contribution >= 0.6 is 0 Å². The number of imide groups is 1. The number of carbonyl (C=O) groups is 2. The summed E-state index contributed by atoms with van der Waals surface area (Å²) in [6.07, 6.45) is 2.93. The molecule has 3 amide bonds. The Bertz CT molecular complexity index is 1030. The van der Waals surface area contributed by atoms with Gasteiger partial charge < -0.3 is 19.5 Å². The number of ether oxygens (including phenoxy) is 2. The number of hydrogen-bond donors (Lipinski definition) is 1. The van der Waals surface area contributed by atoms with E-state index >= 15 is 0 Å². The van der Waals surface area contributed by atoms with Crippen LogP contribution < -0.4 is 9.47 Å². The molecule has 0 bridgehead atoms. The minimum atomic E-state index is -0.808. The highest BCUT2D eigenvalue weighted by Crippen LogP contribution is 2.25. The summed E-state index contributed by atoms with van der Waals surface area (Å²) in [6.45, 7) is 5.89. The fourth-order valence-electron chi connectivity index (χ4n) is 4.64. The van der Waals surface area contributed by atoms with E-state index < -0.39 is 5.60 Å². The fourth-order valence-corrected chi connectivity index (χ4v) is 4.64. The number of nitrogens with zero attached hydrogens (tertiary/aromatic N) is 3. The van der Waals surface area contributed by atoms with Gasteiger partial charge >= 0.3 is 6.03 Å². The second-order valence-corrected chi connectivity index (χ2v) is 9.99. The minimum Gasteiger partial charge on any atom is -0.494 e. The smallest absolute Gasteiger partial charge is 0.326 e. The van der Waals surface area contributed by atoms with Crippen molar-refractivity contribution in [3.63, 3.8) is 0 Å². The van der Waals surface area contributed by atoms with Crippen molar-refractivity contribution in [2.45, 2.75) is 44.8 Å². The lowest BCUT2D eigenvalue weighted by atomic mass is 9.96. The monoisotopic (exact) mass is 495 g/mol. The largest absolute Gasteiger partial charge is 0.494 e. The van der Waals surface area contributed by atoms with Gasteiger partial charge in [0.05, 0.1) is 12.2 Å². The van der Waals surface area contributed by atoms with Gasteiger partial charge in [-0.3, -0.25) is 14.6 Å². The van der Waals surface area contributed by atoms with Crippen LogP contribution in [0.2, 0.25) is 0 Å². The lowest BCUT2D eigenvalue weighted by Gasteiger charge is -2.27. The predicted octanol–water partition coefficient (Wildman–Crippen LogP) is 3.45. The Labute approximate surface area is 213 Å². The van der Waals surface area contributed by atoms with Crippen molar-refractivity contribution in [2.24, 2.45) is 0 Å². The first-order chi connectivity index (χ1) is 17.3. The molecule has 1 atom stereocenters. The molecule has 0 radical (unpaired) electrons. The van der Waals surface area contributed by atoms with Crippen molar-refractivity contribution in [1.29, 1.82) is 0 Å². The van der Waals surface area contributed by atoms with E-state index in [0.29, 0.717) is 32.6 Å². The first-order valence-corrected chi connectivity index (χ1v) is 12.7. The topological polar surface area (TPSA) is 82.6 Å². The van der Waals surface area contributed by atoms with Gasteiger partial charge in [0.1, 0.15) is 24.7 Å². The summed E-state index contributed by atoms with van der Waals surface area (Å²) in [5.41, 5.74) is 1.57. The van der Waals surface area contributed by atoms with Crippen LogP contribution in [0.25, 0.3) is 0 Å². The summed E-state index contributed by atoms with van der Waals surface area (Å²) < 4.78 is 11.7. The molecule has 8 nitrogen and oxygen atoms in total. The summed E-state index contributed by atoms with van der Waals surface area (Å²) in [5, 5.41) is 11.1. The Hall–Kier alpha value is -3.10. The number of benzene rings is 2. The Balaban J connectivity index is 1.18.